The van der Waals surface area contributed by atoms with Gasteiger partial charge in [0, 0.05) is 16.4 Å². The van der Waals surface area contributed by atoms with Crippen LogP contribution in [0.5, 0.6) is 0 Å². The first-order chi connectivity index (χ1) is 10.5. The summed E-state index contributed by atoms with van der Waals surface area (Å²) in [5, 5.41) is 6.46. The van der Waals surface area contributed by atoms with Crippen LogP contribution in [0.3, 0.4) is 0 Å². The molecule has 0 aliphatic rings. The summed E-state index contributed by atoms with van der Waals surface area (Å²) in [5.74, 6) is 0. The van der Waals surface area contributed by atoms with Gasteiger partial charge in [0.05, 0.1) is 0 Å². The normalized spacial score (nSPS) is 9.73. The van der Waals surface area contributed by atoms with Gasteiger partial charge >= 0.3 is 6.03 Å². The maximum atomic E-state index is 11.7. The van der Waals surface area contributed by atoms with Crippen LogP contribution < -0.4 is 21.5 Å². The van der Waals surface area contributed by atoms with Gasteiger partial charge in [-0.3, -0.25) is 5.43 Å². The number of nitrogens with one attached hydrogen (secondary N) is 4. The van der Waals surface area contributed by atoms with Crippen LogP contribution in [0, 0.1) is 6.92 Å². The Labute approximate surface area is 139 Å². The minimum absolute atomic E-state index is 0.288. The van der Waals surface area contributed by atoms with Crippen molar-refractivity contribution in [3.63, 3.8) is 0 Å². The number of carbonyl (C=O) groups is 1. The average Bonchev–Trinajstić information content (AvgIpc) is 2.48. The molecule has 0 radical (unpaired) electrons. The summed E-state index contributed by atoms with van der Waals surface area (Å²) in [5.41, 5.74) is 7.57. The molecular formula is C15H15ClN4OS. The molecule has 0 aliphatic carbocycles. The minimum Gasteiger partial charge on any atom is -0.331 e. The minimum atomic E-state index is -0.448. The van der Waals surface area contributed by atoms with Gasteiger partial charge in [0.15, 0.2) is 5.11 Å². The zero-order valence-electron chi connectivity index (χ0n) is 11.8. The topological polar surface area (TPSA) is 65.2 Å². The van der Waals surface area contributed by atoms with Gasteiger partial charge in [-0.15, -0.1) is 0 Å². The van der Waals surface area contributed by atoms with E-state index in [-0.39, 0.29) is 5.11 Å². The van der Waals surface area contributed by atoms with Crippen LogP contribution in [0.2, 0.25) is 5.02 Å². The van der Waals surface area contributed by atoms with Crippen LogP contribution in [0.1, 0.15) is 5.56 Å². The molecule has 0 aromatic heterocycles. The fourth-order valence-electron chi connectivity index (χ4n) is 1.71. The fourth-order valence-corrected chi connectivity index (χ4v) is 2.06. The Morgan fingerprint density at radius 3 is 2.55 bits per heavy atom. The summed E-state index contributed by atoms with van der Waals surface area (Å²) in [7, 11) is 0. The maximum Gasteiger partial charge on any atom is 0.337 e. The standard InChI is InChI=1S/C15H15ClN4OS/c1-10-5-2-3-8-13(10)18-15(22)20-19-14(21)17-12-7-4-6-11(16)9-12/h2-9H,1H3,(H2,17,19,21)(H2,18,20,22). The molecular weight excluding hydrogens is 320 g/mol. The molecule has 0 bridgehead atoms. The average molecular weight is 335 g/mol. The zero-order valence-corrected chi connectivity index (χ0v) is 13.4. The van der Waals surface area contributed by atoms with Crippen molar-refractivity contribution < 1.29 is 4.79 Å². The van der Waals surface area contributed by atoms with E-state index in [1.165, 1.54) is 0 Å². The highest BCUT2D eigenvalue weighted by atomic mass is 35.5. The van der Waals surface area contributed by atoms with E-state index in [9.17, 15) is 4.79 Å². The second-order valence-corrected chi connectivity index (χ2v) is 5.33. The predicted molar refractivity (Wildman–Crippen MR) is 94.1 cm³/mol. The number of hydrogen-bond donors (Lipinski definition) is 4. The van der Waals surface area contributed by atoms with Crippen molar-refractivity contribution in [2.45, 2.75) is 6.92 Å². The number of urea groups is 1. The molecule has 5 nitrogen and oxygen atoms in total. The van der Waals surface area contributed by atoms with Crippen molar-refractivity contribution in [3.8, 4) is 0 Å². The van der Waals surface area contributed by atoms with Crippen molar-refractivity contribution in [2.75, 3.05) is 10.6 Å². The molecule has 2 amide bonds. The number of rotatable bonds is 2. The summed E-state index contributed by atoms with van der Waals surface area (Å²) in [6.07, 6.45) is 0. The summed E-state index contributed by atoms with van der Waals surface area (Å²) < 4.78 is 0. The molecule has 0 saturated carbocycles. The first kappa shape index (κ1) is 16.1. The second-order valence-electron chi connectivity index (χ2n) is 4.48. The number of benzene rings is 2. The number of hydrogen-bond acceptors (Lipinski definition) is 2. The number of thiocarbonyl (C=S) groups is 1. The van der Waals surface area contributed by atoms with Crippen LogP contribution in [-0.4, -0.2) is 11.1 Å². The van der Waals surface area contributed by atoms with Crippen LogP contribution in [0.4, 0.5) is 16.2 Å². The molecule has 2 rings (SSSR count). The predicted octanol–water partition coefficient (Wildman–Crippen LogP) is 3.67. The zero-order chi connectivity index (χ0) is 15.9. The van der Waals surface area contributed by atoms with E-state index in [0.29, 0.717) is 10.7 Å². The Kier molecular flexibility index (Phi) is 5.57. The van der Waals surface area contributed by atoms with Crippen LogP contribution >= 0.6 is 23.8 Å². The number of para-hydroxylation sites is 1. The Morgan fingerprint density at radius 2 is 1.82 bits per heavy atom. The smallest absolute Gasteiger partial charge is 0.331 e. The second kappa shape index (κ2) is 7.63. The molecule has 2 aromatic carbocycles. The lowest BCUT2D eigenvalue weighted by atomic mass is 10.2. The monoisotopic (exact) mass is 334 g/mol. The van der Waals surface area contributed by atoms with E-state index in [1.807, 2.05) is 31.2 Å². The van der Waals surface area contributed by atoms with E-state index >= 15 is 0 Å². The van der Waals surface area contributed by atoms with Crippen molar-refractivity contribution in [2.24, 2.45) is 0 Å². The quantitative estimate of drug-likeness (QED) is 0.500. The molecule has 22 heavy (non-hydrogen) atoms. The number of halogens is 1. The van der Waals surface area contributed by atoms with Gasteiger partial charge in [-0.2, -0.15) is 0 Å². The highest BCUT2D eigenvalue weighted by molar-refractivity contribution is 7.80. The Balaban J connectivity index is 1.81. The molecule has 2 aromatic rings. The summed E-state index contributed by atoms with van der Waals surface area (Å²) in [6, 6.07) is 14.1. The third-order valence-corrected chi connectivity index (χ3v) is 3.20. The number of anilines is 2. The summed E-state index contributed by atoms with van der Waals surface area (Å²) in [4.78, 5) is 11.7. The lowest BCUT2D eigenvalue weighted by Crippen LogP contribution is -2.45. The molecule has 4 N–H and O–H groups in total. The van der Waals surface area contributed by atoms with E-state index in [0.717, 1.165) is 11.3 Å². The van der Waals surface area contributed by atoms with Crippen molar-refractivity contribution in [1.82, 2.24) is 10.9 Å². The summed E-state index contributed by atoms with van der Waals surface area (Å²) in [6.45, 7) is 1.96. The first-order valence-corrected chi connectivity index (χ1v) is 7.28. The lowest BCUT2D eigenvalue weighted by Gasteiger charge is -2.13. The van der Waals surface area contributed by atoms with Gasteiger partial charge in [-0.1, -0.05) is 35.9 Å². The van der Waals surface area contributed by atoms with E-state index in [1.54, 1.807) is 24.3 Å². The summed E-state index contributed by atoms with van der Waals surface area (Å²) >= 11 is 11.0. The van der Waals surface area contributed by atoms with Crippen LogP contribution in [-0.2, 0) is 0 Å². The van der Waals surface area contributed by atoms with E-state index < -0.39 is 6.03 Å². The van der Waals surface area contributed by atoms with E-state index in [4.69, 9.17) is 23.8 Å². The third kappa shape index (κ3) is 4.91. The fraction of sp³-hybridized carbons (Fsp3) is 0.0667. The van der Waals surface area contributed by atoms with Gasteiger partial charge in [-0.25, -0.2) is 10.2 Å². The molecule has 0 aliphatic heterocycles. The lowest BCUT2D eigenvalue weighted by molar-refractivity contribution is 0.250. The third-order valence-electron chi connectivity index (χ3n) is 2.77. The molecule has 0 saturated heterocycles. The van der Waals surface area contributed by atoms with Crippen LogP contribution in [0.15, 0.2) is 48.5 Å². The molecule has 0 fully saturated rings. The maximum absolute atomic E-state index is 11.7. The van der Waals surface area contributed by atoms with Gasteiger partial charge in [0.2, 0.25) is 0 Å². The number of aryl methyl sites for hydroxylation is 1. The Morgan fingerprint density at radius 1 is 1.05 bits per heavy atom. The number of hydrazine groups is 1. The largest absolute Gasteiger partial charge is 0.337 e. The molecule has 0 atom stereocenters. The molecule has 0 spiro atoms. The van der Waals surface area contributed by atoms with Crippen molar-refractivity contribution in [1.29, 1.82) is 0 Å². The van der Waals surface area contributed by atoms with E-state index in [2.05, 4.69) is 21.5 Å². The first-order valence-electron chi connectivity index (χ1n) is 6.50. The highest BCUT2D eigenvalue weighted by Gasteiger charge is 2.04. The molecule has 0 heterocycles. The molecule has 7 heteroatoms. The number of amides is 2. The molecule has 0 unspecified atom stereocenters. The highest BCUT2D eigenvalue weighted by Crippen LogP contribution is 2.14. The van der Waals surface area contributed by atoms with Gasteiger partial charge in [0.1, 0.15) is 0 Å². The van der Waals surface area contributed by atoms with Crippen molar-refractivity contribution >= 4 is 46.3 Å². The Bertz CT molecular complexity index is 693. The van der Waals surface area contributed by atoms with Crippen molar-refractivity contribution in [3.05, 3.63) is 59.1 Å². The van der Waals surface area contributed by atoms with Crippen LogP contribution in [0.25, 0.3) is 0 Å². The Hall–Kier alpha value is -2.31. The number of carbonyl (C=O) groups excluding carboxylic acids is 1. The SMILES string of the molecule is Cc1ccccc1NC(=S)NNC(=O)Nc1cccc(Cl)c1. The van der Waals surface area contributed by atoms with Gasteiger partial charge in [0.25, 0.3) is 0 Å². The molecule has 114 valence electrons. The van der Waals surface area contributed by atoms with Gasteiger partial charge in [-0.05, 0) is 49.0 Å². The van der Waals surface area contributed by atoms with Gasteiger partial charge < -0.3 is 10.6 Å².